The summed E-state index contributed by atoms with van der Waals surface area (Å²) in [4.78, 5) is 2.43. The largest absolute Gasteiger partial charge is 0.508 e. The van der Waals surface area contributed by atoms with Crippen molar-refractivity contribution in [2.45, 2.75) is 26.4 Å². The molecule has 2 heterocycles. The van der Waals surface area contributed by atoms with Crippen molar-refractivity contribution in [2.75, 3.05) is 26.2 Å². The Hall–Kier alpha value is -3.44. The van der Waals surface area contributed by atoms with Gasteiger partial charge in [-0.2, -0.15) is 0 Å². The van der Waals surface area contributed by atoms with Crippen molar-refractivity contribution in [1.82, 2.24) is 4.90 Å². The van der Waals surface area contributed by atoms with Gasteiger partial charge >= 0.3 is 0 Å². The number of aromatic hydroxyl groups is 2. The summed E-state index contributed by atoms with van der Waals surface area (Å²) < 4.78 is 12.4. The molecular weight excluding hydrogens is 426 g/mol. The Balaban J connectivity index is 1.38. The Kier molecular flexibility index (Phi) is 6.20. The molecule has 3 aromatic carbocycles. The second-order valence-corrected chi connectivity index (χ2v) is 9.22. The molecule has 0 bridgehead atoms. The standard InChI is InChI=1S/C29H31NO4/c1-3-20-17-30(18-20)13-14-33-25-10-7-21(8-11-25)29-28(22-5-4-6-23(31)15-22)19(2)26-16-24(32)9-12-27(26)34-29/h4-12,15-16,20,29,31-32H,3,13-14,17-18H2,1-2H3. The summed E-state index contributed by atoms with van der Waals surface area (Å²) in [6, 6.07) is 20.4. The molecule has 2 aliphatic rings. The molecule has 1 saturated heterocycles. The summed E-state index contributed by atoms with van der Waals surface area (Å²) in [5.41, 5.74) is 4.71. The predicted molar refractivity (Wildman–Crippen MR) is 134 cm³/mol. The Morgan fingerprint density at radius 3 is 2.47 bits per heavy atom. The van der Waals surface area contributed by atoms with E-state index < -0.39 is 0 Å². The lowest BCUT2D eigenvalue weighted by molar-refractivity contribution is 0.0806. The molecule has 1 fully saturated rings. The third-order valence-electron chi connectivity index (χ3n) is 6.90. The van der Waals surface area contributed by atoms with Crippen LogP contribution >= 0.6 is 0 Å². The third-order valence-corrected chi connectivity index (χ3v) is 6.90. The van der Waals surface area contributed by atoms with Crippen LogP contribution in [0.4, 0.5) is 0 Å². The van der Waals surface area contributed by atoms with Crippen LogP contribution in [0, 0.1) is 5.92 Å². The molecule has 0 saturated carbocycles. The van der Waals surface area contributed by atoms with Crippen molar-refractivity contribution >= 4 is 11.1 Å². The fourth-order valence-corrected chi connectivity index (χ4v) is 4.87. The molecule has 1 unspecified atom stereocenters. The number of hydrogen-bond donors (Lipinski definition) is 2. The van der Waals surface area contributed by atoms with Crippen molar-refractivity contribution in [2.24, 2.45) is 5.92 Å². The van der Waals surface area contributed by atoms with Crippen molar-refractivity contribution in [3.63, 3.8) is 0 Å². The zero-order valence-electron chi connectivity index (χ0n) is 19.7. The smallest absolute Gasteiger partial charge is 0.150 e. The number of nitrogens with zero attached hydrogens (tertiary/aromatic N) is 1. The van der Waals surface area contributed by atoms with E-state index in [-0.39, 0.29) is 17.6 Å². The average Bonchev–Trinajstić information content (AvgIpc) is 2.81. The maximum Gasteiger partial charge on any atom is 0.150 e. The molecule has 34 heavy (non-hydrogen) atoms. The topological polar surface area (TPSA) is 62.2 Å². The molecule has 2 N–H and O–H groups in total. The first kappa shape index (κ1) is 22.4. The second-order valence-electron chi connectivity index (χ2n) is 9.22. The van der Waals surface area contributed by atoms with E-state index in [4.69, 9.17) is 9.47 Å². The van der Waals surface area contributed by atoms with Gasteiger partial charge < -0.3 is 19.7 Å². The van der Waals surface area contributed by atoms with Gasteiger partial charge in [-0.3, -0.25) is 4.90 Å². The van der Waals surface area contributed by atoms with E-state index in [1.54, 1.807) is 30.3 Å². The number of benzene rings is 3. The molecule has 3 aromatic rings. The van der Waals surface area contributed by atoms with E-state index in [0.717, 1.165) is 51.8 Å². The Morgan fingerprint density at radius 1 is 0.971 bits per heavy atom. The molecule has 0 amide bonds. The maximum atomic E-state index is 10.1. The Bertz CT molecular complexity index is 1200. The number of likely N-dealkylation sites (tertiary alicyclic amines) is 1. The molecule has 0 spiro atoms. The van der Waals surface area contributed by atoms with Gasteiger partial charge in [-0.05, 0) is 72.0 Å². The van der Waals surface area contributed by atoms with Crippen molar-refractivity contribution in [3.05, 3.63) is 83.4 Å². The first-order valence-electron chi connectivity index (χ1n) is 12.0. The lowest BCUT2D eigenvalue weighted by Crippen LogP contribution is -2.47. The Morgan fingerprint density at radius 2 is 1.74 bits per heavy atom. The molecular formula is C29H31NO4. The summed E-state index contributed by atoms with van der Waals surface area (Å²) >= 11 is 0. The van der Waals surface area contributed by atoms with E-state index in [0.29, 0.717) is 6.61 Å². The highest BCUT2D eigenvalue weighted by molar-refractivity contribution is 5.95. The van der Waals surface area contributed by atoms with E-state index in [2.05, 4.69) is 11.8 Å². The van der Waals surface area contributed by atoms with Crippen molar-refractivity contribution in [3.8, 4) is 23.0 Å². The van der Waals surface area contributed by atoms with Gasteiger partial charge in [0.2, 0.25) is 0 Å². The van der Waals surface area contributed by atoms with Gasteiger partial charge in [0, 0.05) is 30.8 Å². The third kappa shape index (κ3) is 4.48. The molecule has 5 rings (SSSR count). The summed E-state index contributed by atoms with van der Waals surface area (Å²) in [6.45, 7) is 8.28. The van der Waals surface area contributed by atoms with Crippen LogP contribution in [-0.2, 0) is 0 Å². The summed E-state index contributed by atoms with van der Waals surface area (Å²) in [6.07, 6.45) is 0.909. The van der Waals surface area contributed by atoms with Gasteiger partial charge in [0.25, 0.3) is 0 Å². The molecule has 5 nitrogen and oxygen atoms in total. The van der Waals surface area contributed by atoms with Gasteiger partial charge in [0.1, 0.15) is 35.7 Å². The summed E-state index contributed by atoms with van der Waals surface area (Å²) in [5, 5.41) is 20.1. The van der Waals surface area contributed by atoms with Crippen LogP contribution in [0.1, 0.15) is 43.1 Å². The van der Waals surface area contributed by atoms with Gasteiger partial charge in [-0.25, -0.2) is 0 Å². The number of hydrogen-bond acceptors (Lipinski definition) is 5. The lowest BCUT2D eigenvalue weighted by Gasteiger charge is -2.38. The SMILES string of the molecule is CCC1CN(CCOc2ccc(C3Oc4ccc(O)cc4C(C)=C3c3cccc(O)c3)cc2)C1. The van der Waals surface area contributed by atoms with Crippen molar-refractivity contribution in [1.29, 1.82) is 0 Å². The van der Waals surface area contributed by atoms with Crippen LogP contribution in [0.5, 0.6) is 23.0 Å². The van der Waals surface area contributed by atoms with Gasteiger partial charge in [0.15, 0.2) is 0 Å². The monoisotopic (exact) mass is 457 g/mol. The molecule has 0 radical (unpaired) electrons. The minimum atomic E-state index is -0.347. The zero-order valence-corrected chi connectivity index (χ0v) is 19.7. The zero-order chi connectivity index (χ0) is 23.7. The summed E-state index contributed by atoms with van der Waals surface area (Å²) in [7, 11) is 0. The highest BCUT2D eigenvalue weighted by Gasteiger charge is 2.30. The predicted octanol–water partition coefficient (Wildman–Crippen LogP) is 5.88. The fourth-order valence-electron chi connectivity index (χ4n) is 4.87. The lowest BCUT2D eigenvalue weighted by atomic mass is 9.86. The highest BCUT2D eigenvalue weighted by atomic mass is 16.5. The van der Waals surface area contributed by atoms with Crippen LogP contribution < -0.4 is 9.47 Å². The molecule has 0 aromatic heterocycles. The Labute approximate surface area is 200 Å². The van der Waals surface area contributed by atoms with Gasteiger partial charge in [-0.15, -0.1) is 0 Å². The quantitative estimate of drug-likeness (QED) is 0.464. The van der Waals surface area contributed by atoms with E-state index in [1.165, 1.54) is 19.5 Å². The van der Waals surface area contributed by atoms with E-state index >= 15 is 0 Å². The van der Waals surface area contributed by atoms with Crippen LogP contribution in [0.25, 0.3) is 11.1 Å². The number of rotatable bonds is 7. The molecule has 1 atom stereocenters. The van der Waals surface area contributed by atoms with Gasteiger partial charge in [-0.1, -0.05) is 37.6 Å². The fraction of sp³-hybridized carbons (Fsp3) is 0.310. The number of ether oxygens (including phenoxy) is 2. The molecule has 0 aliphatic carbocycles. The first-order chi connectivity index (χ1) is 16.5. The highest BCUT2D eigenvalue weighted by Crippen LogP contribution is 2.47. The second kappa shape index (κ2) is 9.43. The van der Waals surface area contributed by atoms with Crippen LogP contribution in [0.2, 0.25) is 0 Å². The maximum absolute atomic E-state index is 10.1. The normalized spacial score (nSPS) is 18.2. The van der Waals surface area contributed by atoms with E-state index in [9.17, 15) is 10.2 Å². The van der Waals surface area contributed by atoms with Crippen molar-refractivity contribution < 1.29 is 19.7 Å². The van der Waals surface area contributed by atoms with Gasteiger partial charge in [0.05, 0.1) is 0 Å². The molecule has 5 heteroatoms. The minimum absolute atomic E-state index is 0.195. The first-order valence-corrected chi connectivity index (χ1v) is 12.0. The number of phenolic OH excluding ortho intramolecular Hbond substituents is 2. The summed E-state index contributed by atoms with van der Waals surface area (Å²) in [5.74, 6) is 2.82. The number of fused-ring (bicyclic) bond motifs is 1. The van der Waals surface area contributed by atoms with E-state index in [1.807, 2.05) is 43.3 Å². The number of allylic oxidation sites excluding steroid dienone is 1. The molecule has 2 aliphatic heterocycles. The minimum Gasteiger partial charge on any atom is -0.508 e. The van der Waals surface area contributed by atoms with Crippen LogP contribution in [0.3, 0.4) is 0 Å². The van der Waals surface area contributed by atoms with Crippen LogP contribution in [-0.4, -0.2) is 41.4 Å². The molecule has 176 valence electrons. The van der Waals surface area contributed by atoms with Crippen LogP contribution in [0.15, 0.2) is 66.7 Å². The average molecular weight is 458 g/mol. The number of phenols is 2.